The molecule has 0 aliphatic carbocycles. The van der Waals surface area contributed by atoms with Crippen molar-refractivity contribution in [2.45, 2.75) is 32.0 Å². The van der Waals surface area contributed by atoms with Crippen LogP contribution in [-0.2, 0) is 15.7 Å². The Labute approximate surface area is 149 Å². The average molecular weight is 373 g/mol. The third kappa shape index (κ3) is 5.82. The predicted octanol–water partition coefficient (Wildman–Crippen LogP) is 2.85. The van der Waals surface area contributed by atoms with Crippen LogP contribution in [0.1, 0.15) is 25.3 Å². The normalized spacial score (nSPS) is 15.5. The van der Waals surface area contributed by atoms with E-state index in [2.05, 4.69) is 10.6 Å². The lowest BCUT2D eigenvalue weighted by atomic mass is 10.1. The highest BCUT2D eigenvalue weighted by molar-refractivity contribution is 5.81. The Morgan fingerprint density at radius 2 is 1.96 bits per heavy atom. The van der Waals surface area contributed by atoms with Crippen LogP contribution >= 0.6 is 0 Å². The van der Waals surface area contributed by atoms with E-state index < -0.39 is 11.7 Å². The van der Waals surface area contributed by atoms with Crippen molar-refractivity contribution in [1.82, 2.24) is 10.2 Å². The molecular formula is C17H22F3N3O3. The van der Waals surface area contributed by atoms with Crippen LogP contribution in [0.15, 0.2) is 24.3 Å². The van der Waals surface area contributed by atoms with Crippen LogP contribution in [0.2, 0.25) is 0 Å². The summed E-state index contributed by atoms with van der Waals surface area (Å²) in [6.07, 6.45) is -3.57. The number of amides is 2. The second-order valence-electron chi connectivity index (χ2n) is 5.96. The molecule has 1 heterocycles. The molecule has 9 heteroatoms. The highest BCUT2D eigenvalue weighted by atomic mass is 19.4. The Morgan fingerprint density at radius 3 is 2.58 bits per heavy atom. The number of rotatable bonds is 5. The molecule has 2 amide bonds. The molecular weight excluding hydrogens is 351 g/mol. The minimum absolute atomic E-state index is 0.0727. The Kier molecular flexibility index (Phi) is 6.70. The highest BCUT2D eigenvalue weighted by Crippen LogP contribution is 2.30. The topological polar surface area (TPSA) is 70.7 Å². The van der Waals surface area contributed by atoms with Crippen molar-refractivity contribution in [1.29, 1.82) is 0 Å². The summed E-state index contributed by atoms with van der Waals surface area (Å²) >= 11 is 0. The lowest BCUT2D eigenvalue weighted by molar-refractivity contribution is -0.137. The number of hydrogen-bond donors (Lipinski definition) is 2. The molecule has 0 saturated carbocycles. The van der Waals surface area contributed by atoms with E-state index in [-0.39, 0.29) is 30.3 Å². The minimum Gasteiger partial charge on any atom is -0.450 e. The molecule has 1 fully saturated rings. The van der Waals surface area contributed by atoms with Crippen LogP contribution < -0.4 is 10.6 Å². The van der Waals surface area contributed by atoms with E-state index in [9.17, 15) is 22.8 Å². The number of anilines is 1. The number of likely N-dealkylation sites (tertiary alicyclic amines) is 1. The Hall–Kier alpha value is -2.45. The van der Waals surface area contributed by atoms with Gasteiger partial charge < -0.3 is 20.3 Å². The summed E-state index contributed by atoms with van der Waals surface area (Å²) in [5.41, 5.74) is -0.540. The van der Waals surface area contributed by atoms with Gasteiger partial charge in [0, 0.05) is 24.8 Å². The molecule has 1 aromatic rings. The number of carbonyl (C=O) groups is 2. The molecule has 0 unspecified atom stereocenters. The van der Waals surface area contributed by atoms with Gasteiger partial charge in [-0.2, -0.15) is 13.2 Å². The Bertz CT molecular complexity index is 629. The summed E-state index contributed by atoms with van der Waals surface area (Å²) in [5, 5.41) is 5.52. The first-order valence-corrected chi connectivity index (χ1v) is 8.41. The molecule has 0 aromatic heterocycles. The molecule has 1 aliphatic rings. The molecule has 26 heavy (non-hydrogen) atoms. The van der Waals surface area contributed by atoms with Gasteiger partial charge in [0.2, 0.25) is 5.91 Å². The van der Waals surface area contributed by atoms with E-state index in [1.807, 2.05) is 0 Å². The number of piperidine rings is 1. The number of ether oxygens (including phenoxy) is 1. The number of benzene rings is 1. The molecule has 6 nitrogen and oxygen atoms in total. The van der Waals surface area contributed by atoms with Gasteiger partial charge in [-0.3, -0.25) is 4.79 Å². The summed E-state index contributed by atoms with van der Waals surface area (Å²) in [6.45, 7) is 2.91. The van der Waals surface area contributed by atoms with Crippen molar-refractivity contribution >= 4 is 17.7 Å². The molecule has 2 N–H and O–H groups in total. The maximum atomic E-state index is 12.7. The number of nitrogens with zero attached hydrogens (tertiary/aromatic N) is 1. The number of alkyl halides is 3. The largest absolute Gasteiger partial charge is 0.450 e. The summed E-state index contributed by atoms with van der Waals surface area (Å²) in [5.74, 6) is -0.308. The molecule has 0 atom stereocenters. The monoisotopic (exact) mass is 373 g/mol. The zero-order chi connectivity index (χ0) is 19.2. The van der Waals surface area contributed by atoms with Crippen LogP contribution in [0.3, 0.4) is 0 Å². The van der Waals surface area contributed by atoms with Crippen molar-refractivity contribution < 1.29 is 27.5 Å². The van der Waals surface area contributed by atoms with Crippen LogP contribution in [0, 0.1) is 0 Å². The molecule has 1 saturated heterocycles. The number of halogens is 3. The number of nitrogens with one attached hydrogen (secondary N) is 2. The van der Waals surface area contributed by atoms with Gasteiger partial charge in [0.05, 0.1) is 18.7 Å². The average Bonchev–Trinajstić information content (AvgIpc) is 2.60. The molecule has 0 spiro atoms. The third-order valence-electron chi connectivity index (χ3n) is 4.03. The lowest BCUT2D eigenvalue weighted by Crippen LogP contribution is -2.47. The maximum Gasteiger partial charge on any atom is 0.416 e. The molecule has 0 radical (unpaired) electrons. The molecule has 1 aliphatic heterocycles. The van der Waals surface area contributed by atoms with Crippen molar-refractivity contribution in [2.24, 2.45) is 0 Å². The summed E-state index contributed by atoms with van der Waals surface area (Å²) in [6, 6.07) is 4.62. The number of hydrogen-bond acceptors (Lipinski definition) is 4. The summed E-state index contributed by atoms with van der Waals surface area (Å²) < 4.78 is 42.9. The quantitative estimate of drug-likeness (QED) is 0.833. The zero-order valence-electron chi connectivity index (χ0n) is 14.4. The summed E-state index contributed by atoms with van der Waals surface area (Å²) in [4.78, 5) is 25.2. The fourth-order valence-electron chi connectivity index (χ4n) is 2.69. The minimum atomic E-state index is -4.42. The van der Waals surface area contributed by atoms with Gasteiger partial charge in [0.25, 0.3) is 0 Å². The fourth-order valence-corrected chi connectivity index (χ4v) is 2.69. The lowest BCUT2D eigenvalue weighted by Gasteiger charge is -2.31. The molecule has 144 valence electrons. The molecule has 2 rings (SSSR count). The van der Waals surface area contributed by atoms with Gasteiger partial charge >= 0.3 is 12.3 Å². The van der Waals surface area contributed by atoms with E-state index in [1.165, 1.54) is 12.1 Å². The van der Waals surface area contributed by atoms with Crippen molar-refractivity contribution in [3.8, 4) is 0 Å². The smallest absolute Gasteiger partial charge is 0.416 e. The first-order valence-electron chi connectivity index (χ1n) is 8.41. The van der Waals surface area contributed by atoms with Gasteiger partial charge in [0.15, 0.2) is 0 Å². The Morgan fingerprint density at radius 1 is 1.27 bits per heavy atom. The van der Waals surface area contributed by atoms with Crippen molar-refractivity contribution in [2.75, 3.05) is 31.6 Å². The first-order chi connectivity index (χ1) is 12.3. The fraction of sp³-hybridized carbons (Fsp3) is 0.529. The van der Waals surface area contributed by atoms with Crippen LogP contribution in [0.5, 0.6) is 0 Å². The van der Waals surface area contributed by atoms with Crippen LogP contribution in [-0.4, -0.2) is 49.2 Å². The first kappa shape index (κ1) is 19.9. The zero-order valence-corrected chi connectivity index (χ0v) is 14.4. The van der Waals surface area contributed by atoms with E-state index >= 15 is 0 Å². The van der Waals surface area contributed by atoms with Crippen LogP contribution in [0.25, 0.3) is 0 Å². The predicted molar refractivity (Wildman–Crippen MR) is 89.7 cm³/mol. The van der Waals surface area contributed by atoms with Gasteiger partial charge in [-0.15, -0.1) is 0 Å². The van der Waals surface area contributed by atoms with Gasteiger partial charge in [-0.25, -0.2) is 4.79 Å². The van der Waals surface area contributed by atoms with Gasteiger partial charge in [-0.1, -0.05) is 6.07 Å². The van der Waals surface area contributed by atoms with Crippen molar-refractivity contribution in [3.63, 3.8) is 0 Å². The third-order valence-corrected chi connectivity index (χ3v) is 4.03. The van der Waals surface area contributed by atoms with E-state index in [0.29, 0.717) is 32.5 Å². The van der Waals surface area contributed by atoms with Gasteiger partial charge in [0.1, 0.15) is 0 Å². The van der Waals surface area contributed by atoms with E-state index in [1.54, 1.807) is 11.8 Å². The van der Waals surface area contributed by atoms with E-state index in [4.69, 9.17) is 4.74 Å². The molecule has 0 bridgehead atoms. The van der Waals surface area contributed by atoms with E-state index in [0.717, 1.165) is 12.1 Å². The SMILES string of the molecule is CCOC(=O)N1CCC(NC(=O)CNc2cccc(C(F)(F)F)c2)CC1. The summed E-state index contributed by atoms with van der Waals surface area (Å²) in [7, 11) is 0. The van der Waals surface area contributed by atoms with Crippen molar-refractivity contribution in [3.05, 3.63) is 29.8 Å². The Balaban J connectivity index is 1.76. The standard InChI is InChI=1S/C17H22F3N3O3/c1-2-26-16(25)23-8-6-13(7-9-23)22-15(24)11-21-14-5-3-4-12(10-14)17(18,19)20/h3-5,10,13,21H,2,6-9,11H2,1H3,(H,22,24). The molecule has 1 aromatic carbocycles. The second kappa shape index (κ2) is 8.77. The maximum absolute atomic E-state index is 12.7. The number of carbonyl (C=O) groups excluding carboxylic acids is 2. The van der Waals surface area contributed by atoms with Crippen LogP contribution in [0.4, 0.5) is 23.7 Å². The second-order valence-corrected chi connectivity index (χ2v) is 5.96. The van der Waals surface area contributed by atoms with Gasteiger partial charge in [-0.05, 0) is 38.0 Å². The highest BCUT2D eigenvalue weighted by Gasteiger charge is 2.30.